The van der Waals surface area contributed by atoms with Crippen molar-refractivity contribution >= 4 is 23.4 Å². The van der Waals surface area contributed by atoms with Crippen molar-refractivity contribution in [2.24, 2.45) is 0 Å². The molecule has 140 valence electrons. The third kappa shape index (κ3) is 4.76. The van der Waals surface area contributed by atoms with Crippen molar-refractivity contribution in [1.82, 2.24) is 14.9 Å². The number of hydrogen-bond acceptors (Lipinski definition) is 6. The number of thioether (sulfide) groups is 1. The highest BCUT2D eigenvalue weighted by Crippen LogP contribution is 2.19. The van der Waals surface area contributed by atoms with Crippen molar-refractivity contribution in [3.05, 3.63) is 66.2 Å². The second-order valence-electron chi connectivity index (χ2n) is 5.59. The van der Waals surface area contributed by atoms with E-state index >= 15 is 0 Å². The number of anilines is 1. The van der Waals surface area contributed by atoms with Crippen LogP contribution in [0.1, 0.15) is 5.82 Å². The first kappa shape index (κ1) is 18.7. The standard InChI is InChI=1S/C18H18FN5O2S/c1-23(14-5-3-2-4-6-14)17(25)12-27-18-22-21-16(24(18)20)11-26-15-9-7-13(19)8-10-15/h2-10H,11-12,20H2,1H3. The Bertz CT molecular complexity index is 902. The predicted molar refractivity (Wildman–Crippen MR) is 101 cm³/mol. The summed E-state index contributed by atoms with van der Waals surface area (Å²) in [6, 6.07) is 15.0. The normalized spacial score (nSPS) is 10.6. The molecule has 1 aromatic heterocycles. The minimum atomic E-state index is -0.340. The maximum Gasteiger partial charge on any atom is 0.237 e. The third-order valence-electron chi connectivity index (χ3n) is 3.76. The highest BCUT2D eigenvalue weighted by Gasteiger charge is 2.15. The molecule has 3 rings (SSSR count). The average Bonchev–Trinajstić information content (AvgIpc) is 3.05. The van der Waals surface area contributed by atoms with Crippen LogP contribution in [0.25, 0.3) is 0 Å². The Balaban J connectivity index is 1.55. The van der Waals surface area contributed by atoms with Gasteiger partial charge in [-0.2, -0.15) is 0 Å². The van der Waals surface area contributed by atoms with E-state index in [-0.39, 0.29) is 24.1 Å². The van der Waals surface area contributed by atoms with Gasteiger partial charge in [-0.25, -0.2) is 9.07 Å². The summed E-state index contributed by atoms with van der Waals surface area (Å²) < 4.78 is 19.7. The second-order valence-corrected chi connectivity index (χ2v) is 6.53. The minimum absolute atomic E-state index is 0.0769. The van der Waals surface area contributed by atoms with Crippen LogP contribution in [0, 0.1) is 5.82 Å². The zero-order valence-corrected chi connectivity index (χ0v) is 15.4. The smallest absolute Gasteiger partial charge is 0.237 e. The van der Waals surface area contributed by atoms with Crippen molar-refractivity contribution in [1.29, 1.82) is 0 Å². The van der Waals surface area contributed by atoms with Gasteiger partial charge >= 0.3 is 0 Å². The molecule has 0 unspecified atom stereocenters. The Kier molecular flexibility index (Phi) is 5.92. The Labute approximate surface area is 159 Å². The summed E-state index contributed by atoms with van der Waals surface area (Å²) in [5, 5.41) is 8.36. The van der Waals surface area contributed by atoms with Gasteiger partial charge in [0, 0.05) is 12.7 Å². The van der Waals surface area contributed by atoms with E-state index in [4.69, 9.17) is 10.6 Å². The molecule has 2 aromatic carbocycles. The van der Waals surface area contributed by atoms with Crippen LogP contribution in [0.15, 0.2) is 59.8 Å². The molecule has 0 fully saturated rings. The number of para-hydroxylation sites is 1. The number of benzene rings is 2. The van der Waals surface area contributed by atoms with Gasteiger partial charge in [-0.15, -0.1) is 10.2 Å². The molecule has 3 aromatic rings. The van der Waals surface area contributed by atoms with E-state index in [1.165, 1.54) is 40.7 Å². The van der Waals surface area contributed by atoms with Crippen LogP contribution in [0.2, 0.25) is 0 Å². The van der Waals surface area contributed by atoms with Crippen molar-refractivity contribution in [2.75, 3.05) is 23.5 Å². The van der Waals surface area contributed by atoms with Gasteiger partial charge in [-0.1, -0.05) is 30.0 Å². The zero-order valence-electron chi connectivity index (χ0n) is 14.6. The molecule has 0 aliphatic heterocycles. The van der Waals surface area contributed by atoms with E-state index in [9.17, 15) is 9.18 Å². The van der Waals surface area contributed by atoms with E-state index in [0.717, 1.165) is 5.69 Å². The van der Waals surface area contributed by atoms with E-state index in [1.807, 2.05) is 30.3 Å². The second kappa shape index (κ2) is 8.54. The lowest BCUT2D eigenvalue weighted by Gasteiger charge is -2.16. The van der Waals surface area contributed by atoms with Crippen LogP contribution in [-0.4, -0.2) is 33.6 Å². The summed E-state index contributed by atoms with van der Waals surface area (Å²) in [6.07, 6.45) is 0. The molecule has 1 amide bonds. The lowest BCUT2D eigenvalue weighted by atomic mass is 10.3. The van der Waals surface area contributed by atoms with E-state index < -0.39 is 0 Å². The third-order valence-corrected chi connectivity index (χ3v) is 4.69. The summed E-state index contributed by atoms with van der Waals surface area (Å²) in [7, 11) is 1.72. The number of ether oxygens (including phenoxy) is 1. The van der Waals surface area contributed by atoms with Gasteiger partial charge in [0.15, 0.2) is 5.82 Å². The van der Waals surface area contributed by atoms with E-state index in [2.05, 4.69) is 10.2 Å². The predicted octanol–water partition coefficient (Wildman–Crippen LogP) is 2.47. The molecule has 0 bridgehead atoms. The Hall–Kier alpha value is -3.07. The topological polar surface area (TPSA) is 86.3 Å². The molecular formula is C18H18FN5O2S. The molecule has 0 radical (unpaired) electrons. The molecule has 0 aliphatic rings. The molecule has 27 heavy (non-hydrogen) atoms. The summed E-state index contributed by atoms with van der Waals surface area (Å²) in [5.74, 6) is 6.60. The first-order valence-corrected chi connectivity index (χ1v) is 9.05. The summed E-state index contributed by atoms with van der Waals surface area (Å²) in [5.41, 5.74) is 0.811. The number of rotatable bonds is 7. The van der Waals surface area contributed by atoms with Crippen LogP contribution in [-0.2, 0) is 11.4 Å². The molecule has 0 saturated carbocycles. The molecule has 2 N–H and O–H groups in total. The van der Waals surface area contributed by atoms with Crippen molar-refractivity contribution < 1.29 is 13.9 Å². The zero-order chi connectivity index (χ0) is 19.2. The number of aromatic nitrogens is 3. The van der Waals surface area contributed by atoms with Gasteiger partial charge in [0.25, 0.3) is 0 Å². The fourth-order valence-corrected chi connectivity index (χ4v) is 2.99. The highest BCUT2D eigenvalue weighted by molar-refractivity contribution is 7.99. The fraction of sp³-hybridized carbons (Fsp3) is 0.167. The van der Waals surface area contributed by atoms with Crippen molar-refractivity contribution in [2.45, 2.75) is 11.8 Å². The highest BCUT2D eigenvalue weighted by atomic mass is 32.2. The summed E-state index contributed by atoms with van der Waals surface area (Å²) >= 11 is 1.19. The molecule has 7 nitrogen and oxygen atoms in total. The molecule has 0 atom stereocenters. The number of amides is 1. The van der Waals surface area contributed by atoms with Crippen LogP contribution in [0.4, 0.5) is 10.1 Å². The summed E-state index contributed by atoms with van der Waals surface area (Å²) in [4.78, 5) is 13.9. The number of carbonyl (C=O) groups is 1. The molecule has 1 heterocycles. The average molecular weight is 387 g/mol. The molecule has 9 heteroatoms. The largest absolute Gasteiger partial charge is 0.486 e. The minimum Gasteiger partial charge on any atom is -0.486 e. The number of halogens is 1. The van der Waals surface area contributed by atoms with E-state index in [1.54, 1.807) is 11.9 Å². The lowest BCUT2D eigenvalue weighted by molar-refractivity contribution is -0.115. The quantitative estimate of drug-likeness (QED) is 0.495. The van der Waals surface area contributed by atoms with Gasteiger partial charge in [-0.05, 0) is 36.4 Å². The van der Waals surface area contributed by atoms with Crippen LogP contribution in [0.5, 0.6) is 5.75 Å². The Morgan fingerprint density at radius 2 is 1.89 bits per heavy atom. The number of carbonyl (C=O) groups excluding carboxylic acids is 1. The van der Waals surface area contributed by atoms with Crippen LogP contribution >= 0.6 is 11.8 Å². The lowest BCUT2D eigenvalue weighted by Crippen LogP contribution is -2.28. The maximum absolute atomic E-state index is 12.9. The molecule has 0 aliphatic carbocycles. The van der Waals surface area contributed by atoms with Gasteiger partial charge in [0.2, 0.25) is 11.1 Å². The van der Waals surface area contributed by atoms with Gasteiger partial charge < -0.3 is 15.5 Å². The van der Waals surface area contributed by atoms with Gasteiger partial charge in [0.1, 0.15) is 18.2 Å². The van der Waals surface area contributed by atoms with E-state index in [0.29, 0.717) is 16.7 Å². The van der Waals surface area contributed by atoms with Gasteiger partial charge in [-0.3, -0.25) is 4.79 Å². The van der Waals surface area contributed by atoms with Crippen molar-refractivity contribution in [3.8, 4) is 5.75 Å². The first-order valence-electron chi connectivity index (χ1n) is 8.06. The van der Waals surface area contributed by atoms with Crippen LogP contribution in [0.3, 0.4) is 0 Å². The number of nitrogen functional groups attached to an aromatic ring is 1. The van der Waals surface area contributed by atoms with Crippen LogP contribution < -0.4 is 15.5 Å². The SMILES string of the molecule is CN(C(=O)CSc1nnc(COc2ccc(F)cc2)n1N)c1ccccc1. The molecule has 0 spiro atoms. The number of nitrogens with two attached hydrogens (primary N) is 1. The number of nitrogens with zero attached hydrogens (tertiary/aromatic N) is 4. The number of hydrogen-bond donors (Lipinski definition) is 1. The molecular weight excluding hydrogens is 369 g/mol. The molecule has 0 saturated heterocycles. The first-order chi connectivity index (χ1) is 13.0. The fourth-order valence-electron chi connectivity index (χ4n) is 2.20. The summed E-state index contributed by atoms with van der Waals surface area (Å²) in [6.45, 7) is 0.0769. The van der Waals surface area contributed by atoms with Gasteiger partial charge in [0.05, 0.1) is 5.75 Å². The maximum atomic E-state index is 12.9. The van der Waals surface area contributed by atoms with Crippen molar-refractivity contribution in [3.63, 3.8) is 0 Å². The monoisotopic (exact) mass is 387 g/mol. The Morgan fingerprint density at radius 1 is 1.19 bits per heavy atom. The Morgan fingerprint density at radius 3 is 2.59 bits per heavy atom.